The molecule has 0 saturated carbocycles. The fourth-order valence-electron chi connectivity index (χ4n) is 4.91. The minimum atomic E-state index is -0.0228. The number of anilines is 2. The molecule has 5 rings (SSSR count). The van der Waals surface area contributed by atoms with E-state index in [9.17, 15) is 4.79 Å². The minimum Gasteiger partial charge on any atom is -0.398 e. The molecule has 7 nitrogen and oxygen atoms in total. The van der Waals surface area contributed by atoms with E-state index < -0.39 is 0 Å². The molecule has 1 saturated heterocycles. The molecule has 0 radical (unpaired) electrons. The Hall–Kier alpha value is -3.71. The van der Waals surface area contributed by atoms with Gasteiger partial charge in [-0.05, 0) is 48.6 Å². The lowest BCUT2D eigenvalue weighted by Gasteiger charge is -2.32. The Morgan fingerprint density at radius 3 is 2.51 bits per heavy atom. The third kappa shape index (κ3) is 5.20. The van der Waals surface area contributed by atoms with E-state index in [4.69, 9.17) is 5.73 Å². The molecule has 35 heavy (non-hydrogen) atoms. The van der Waals surface area contributed by atoms with Crippen molar-refractivity contribution in [2.45, 2.75) is 25.8 Å². The molecule has 0 aliphatic carbocycles. The molecule has 2 aromatic carbocycles. The van der Waals surface area contributed by atoms with Crippen LogP contribution in [0.5, 0.6) is 0 Å². The highest BCUT2D eigenvalue weighted by atomic mass is 16.1. The zero-order chi connectivity index (χ0) is 24.2. The number of nitrogens with two attached hydrogens (primary N) is 1. The van der Waals surface area contributed by atoms with E-state index in [1.807, 2.05) is 24.3 Å². The van der Waals surface area contributed by atoms with Gasteiger partial charge < -0.3 is 20.5 Å². The Balaban J connectivity index is 1.10. The van der Waals surface area contributed by atoms with E-state index in [1.165, 1.54) is 16.5 Å². The van der Waals surface area contributed by atoms with Crippen molar-refractivity contribution in [1.29, 1.82) is 0 Å². The van der Waals surface area contributed by atoms with Gasteiger partial charge in [0.2, 0.25) is 5.95 Å². The summed E-state index contributed by atoms with van der Waals surface area (Å²) in [5, 5.41) is 4.99. The van der Waals surface area contributed by atoms with Crippen molar-refractivity contribution < 1.29 is 4.79 Å². The number of carbonyl (C=O) groups excluding carboxylic acids is 1. The number of Topliss-reactive ketones (excluding diaryl/α,β-unsaturated/α-hetero) is 1. The molecule has 0 unspecified atom stereocenters. The molecule has 180 valence electrons. The largest absolute Gasteiger partial charge is 0.398 e. The highest BCUT2D eigenvalue weighted by Crippen LogP contribution is 2.22. The number of nitrogens with zero attached hydrogens (tertiary/aromatic N) is 4. The first kappa shape index (κ1) is 23.1. The van der Waals surface area contributed by atoms with Crippen LogP contribution in [0.4, 0.5) is 11.6 Å². The zero-order valence-electron chi connectivity index (χ0n) is 20.2. The van der Waals surface area contributed by atoms with E-state index in [0.717, 1.165) is 44.6 Å². The standard InChI is InChI=1S/C28H32N6O/c1-33-19-23(24-7-3-5-9-26(24)33)16-30-15-20-10-12-34(13-11-20)28-31-17-22(18-32-28)27(35)14-21-6-2-4-8-25(21)29/h2-9,17-20,30H,10-16,29H2,1H3. The Kier molecular flexibility index (Phi) is 6.77. The molecule has 0 amide bonds. The number of carbonyl (C=O) groups is 1. The third-order valence-electron chi connectivity index (χ3n) is 6.99. The van der Waals surface area contributed by atoms with E-state index in [-0.39, 0.29) is 12.2 Å². The number of rotatable bonds is 8. The molecule has 7 heteroatoms. The summed E-state index contributed by atoms with van der Waals surface area (Å²) in [4.78, 5) is 23.8. The fourth-order valence-corrected chi connectivity index (χ4v) is 4.91. The number of fused-ring (bicyclic) bond motifs is 1. The van der Waals surface area contributed by atoms with Crippen molar-refractivity contribution in [1.82, 2.24) is 19.9 Å². The van der Waals surface area contributed by atoms with Gasteiger partial charge in [0, 0.05) is 68.3 Å². The van der Waals surface area contributed by atoms with E-state index in [0.29, 0.717) is 23.1 Å². The summed E-state index contributed by atoms with van der Waals surface area (Å²) >= 11 is 0. The summed E-state index contributed by atoms with van der Waals surface area (Å²) in [6, 6.07) is 16.0. The molecule has 1 aliphatic heterocycles. The van der Waals surface area contributed by atoms with Crippen LogP contribution in [0.1, 0.15) is 34.3 Å². The van der Waals surface area contributed by atoms with Crippen LogP contribution in [0, 0.1) is 5.92 Å². The lowest BCUT2D eigenvalue weighted by molar-refractivity contribution is 0.0992. The number of nitrogen functional groups attached to an aromatic ring is 1. The molecule has 0 bridgehead atoms. The van der Waals surface area contributed by atoms with Gasteiger partial charge in [-0.2, -0.15) is 0 Å². The smallest absolute Gasteiger partial charge is 0.225 e. The Bertz CT molecular complexity index is 1300. The van der Waals surface area contributed by atoms with Crippen LogP contribution >= 0.6 is 0 Å². The van der Waals surface area contributed by atoms with Gasteiger partial charge in [0.25, 0.3) is 0 Å². The summed E-state index contributed by atoms with van der Waals surface area (Å²) < 4.78 is 2.20. The van der Waals surface area contributed by atoms with E-state index in [1.54, 1.807) is 12.4 Å². The summed E-state index contributed by atoms with van der Waals surface area (Å²) in [5.41, 5.74) is 10.6. The highest BCUT2D eigenvalue weighted by Gasteiger charge is 2.21. The van der Waals surface area contributed by atoms with Gasteiger partial charge in [0.15, 0.2) is 5.78 Å². The minimum absolute atomic E-state index is 0.0228. The quantitative estimate of drug-likeness (QED) is 0.300. The Morgan fingerprint density at radius 2 is 1.74 bits per heavy atom. The average Bonchev–Trinajstić information content (AvgIpc) is 3.21. The predicted molar refractivity (Wildman–Crippen MR) is 140 cm³/mol. The van der Waals surface area contributed by atoms with Crippen LogP contribution in [0.15, 0.2) is 67.1 Å². The maximum Gasteiger partial charge on any atom is 0.225 e. The number of benzene rings is 2. The van der Waals surface area contributed by atoms with Crippen molar-refractivity contribution in [3.05, 3.63) is 83.8 Å². The first-order valence-corrected chi connectivity index (χ1v) is 12.3. The summed E-state index contributed by atoms with van der Waals surface area (Å²) in [7, 11) is 2.10. The van der Waals surface area contributed by atoms with Crippen molar-refractivity contribution in [3.63, 3.8) is 0 Å². The van der Waals surface area contributed by atoms with Crippen molar-refractivity contribution in [2.75, 3.05) is 30.3 Å². The third-order valence-corrected chi connectivity index (χ3v) is 6.99. The molecular weight excluding hydrogens is 436 g/mol. The molecule has 2 aromatic heterocycles. The second-order valence-electron chi connectivity index (χ2n) is 9.41. The van der Waals surface area contributed by atoms with Gasteiger partial charge in [-0.3, -0.25) is 4.79 Å². The lowest BCUT2D eigenvalue weighted by Crippen LogP contribution is -2.38. The Labute approximate surface area is 206 Å². The first-order valence-electron chi connectivity index (χ1n) is 12.3. The summed E-state index contributed by atoms with van der Waals surface area (Å²) in [6.45, 7) is 3.74. The molecule has 4 aromatic rings. The van der Waals surface area contributed by atoms with Crippen molar-refractivity contribution in [2.24, 2.45) is 13.0 Å². The molecule has 3 N–H and O–H groups in total. The van der Waals surface area contributed by atoms with Crippen LogP contribution in [0.25, 0.3) is 10.9 Å². The molecule has 0 atom stereocenters. The van der Waals surface area contributed by atoms with Gasteiger partial charge in [0.05, 0.1) is 5.56 Å². The maximum atomic E-state index is 12.6. The van der Waals surface area contributed by atoms with Crippen LogP contribution in [-0.4, -0.2) is 40.0 Å². The van der Waals surface area contributed by atoms with Gasteiger partial charge in [-0.15, -0.1) is 0 Å². The maximum absolute atomic E-state index is 12.6. The fraction of sp³-hybridized carbons (Fsp3) is 0.321. The monoisotopic (exact) mass is 468 g/mol. The second kappa shape index (κ2) is 10.3. The summed E-state index contributed by atoms with van der Waals surface area (Å²) in [6.07, 6.45) is 7.95. The van der Waals surface area contributed by atoms with E-state index >= 15 is 0 Å². The van der Waals surface area contributed by atoms with Crippen LogP contribution in [-0.2, 0) is 20.0 Å². The molecule has 3 heterocycles. The van der Waals surface area contributed by atoms with Gasteiger partial charge in [0.1, 0.15) is 0 Å². The number of hydrogen-bond donors (Lipinski definition) is 2. The van der Waals surface area contributed by atoms with Crippen LogP contribution in [0.2, 0.25) is 0 Å². The second-order valence-corrected chi connectivity index (χ2v) is 9.41. The lowest BCUT2D eigenvalue weighted by atomic mass is 9.97. The average molecular weight is 469 g/mol. The van der Waals surface area contributed by atoms with Gasteiger partial charge in [-0.25, -0.2) is 9.97 Å². The first-order chi connectivity index (χ1) is 17.1. The molecule has 1 fully saturated rings. The number of hydrogen-bond acceptors (Lipinski definition) is 6. The van der Waals surface area contributed by atoms with Crippen LogP contribution < -0.4 is 16.0 Å². The number of piperidine rings is 1. The van der Waals surface area contributed by atoms with E-state index in [2.05, 4.69) is 62.3 Å². The van der Waals surface area contributed by atoms with Crippen LogP contribution in [0.3, 0.4) is 0 Å². The van der Waals surface area contributed by atoms with Crippen molar-refractivity contribution >= 4 is 28.3 Å². The number of aromatic nitrogens is 3. The number of nitrogens with one attached hydrogen (secondary N) is 1. The summed E-state index contributed by atoms with van der Waals surface area (Å²) in [5.74, 6) is 1.31. The number of ketones is 1. The predicted octanol–water partition coefficient (Wildman–Crippen LogP) is 3.98. The number of aryl methyl sites for hydroxylation is 1. The van der Waals surface area contributed by atoms with Gasteiger partial charge >= 0.3 is 0 Å². The Morgan fingerprint density at radius 1 is 1.03 bits per heavy atom. The highest BCUT2D eigenvalue weighted by molar-refractivity contribution is 5.97. The topological polar surface area (TPSA) is 89.1 Å². The molecular formula is C28H32N6O. The zero-order valence-corrected chi connectivity index (χ0v) is 20.2. The molecule has 1 aliphatic rings. The number of para-hydroxylation sites is 2. The molecule has 0 spiro atoms. The normalized spacial score (nSPS) is 14.5. The van der Waals surface area contributed by atoms with Gasteiger partial charge in [-0.1, -0.05) is 36.4 Å². The van der Waals surface area contributed by atoms with Crippen molar-refractivity contribution in [3.8, 4) is 0 Å². The SMILES string of the molecule is Cn1cc(CNCC2CCN(c3ncc(C(=O)Cc4ccccc4N)cn3)CC2)c2ccccc21.